The minimum Gasteiger partial charge on any atom is -0.297 e. The highest BCUT2D eigenvalue weighted by atomic mass is 79.9. The number of hydrogen-bond acceptors (Lipinski definition) is 1. The van der Waals surface area contributed by atoms with Crippen molar-refractivity contribution >= 4 is 15.9 Å². The Kier molecular flexibility index (Phi) is 5.80. The van der Waals surface area contributed by atoms with E-state index in [0.29, 0.717) is 0 Å². The summed E-state index contributed by atoms with van der Waals surface area (Å²) in [5, 5.41) is 1.15. The van der Waals surface area contributed by atoms with Crippen LogP contribution in [0.2, 0.25) is 0 Å². The Labute approximate surface area is 96.7 Å². The van der Waals surface area contributed by atoms with Crippen LogP contribution in [0.5, 0.6) is 0 Å². The first-order chi connectivity index (χ1) is 6.74. The van der Waals surface area contributed by atoms with Crippen LogP contribution in [-0.4, -0.2) is 29.4 Å². The predicted molar refractivity (Wildman–Crippen MR) is 67.1 cm³/mol. The van der Waals surface area contributed by atoms with Crippen molar-refractivity contribution in [3.8, 4) is 0 Å². The topological polar surface area (TPSA) is 3.24 Å². The fraction of sp³-hybridized carbons (Fsp3) is 0.833. The quantitative estimate of drug-likeness (QED) is 0.539. The Bertz CT molecular complexity index is 185. The molecule has 1 unspecified atom stereocenters. The zero-order valence-corrected chi connectivity index (χ0v) is 11.0. The van der Waals surface area contributed by atoms with Gasteiger partial charge in [0.25, 0.3) is 0 Å². The summed E-state index contributed by atoms with van der Waals surface area (Å²) < 4.78 is 0. The van der Waals surface area contributed by atoms with Crippen molar-refractivity contribution in [1.82, 2.24) is 4.90 Å². The monoisotopic (exact) mass is 259 g/mol. The van der Waals surface area contributed by atoms with Gasteiger partial charge in [-0.2, -0.15) is 0 Å². The van der Waals surface area contributed by atoms with Gasteiger partial charge in [0.1, 0.15) is 0 Å². The molecule has 0 aromatic carbocycles. The molecule has 0 N–H and O–H groups in total. The van der Waals surface area contributed by atoms with Crippen LogP contribution in [0.4, 0.5) is 0 Å². The summed E-state index contributed by atoms with van der Waals surface area (Å²) in [6, 6.07) is 0.850. The summed E-state index contributed by atoms with van der Waals surface area (Å²) in [5.74, 6) is 0. The van der Waals surface area contributed by atoms with Crippen molar-refractivity contribution in [2.75, 3.05) is 18.4 Å². The Hall–Kier alpha value is 0.180. The predicted octanol–water partition coefficient (Wildman–Crippen LogP) is 3.59. The maximum atomic E-state index is 3.51. The van der Waals surface area contributed by atoms with Crippen LogP contribution < -0.4 is 0 Å². The lowest BCUT2D eigenvalue weighted by molar-refractivity contribution is 0.267. The van der Waals surface area contributed by atoms with E-state index in [0.717, 1.165) is 17.9 Å². The molecule has 0 saturated carbocycles. The minimum atomic E-state index is 0.850. The minimum absolute atomic E-state index is 0.850. The molecule has 1 atom stereocenters. The molecule has 0 radical (unpaired) electrons. The molecule has 1 heterocycles. The molecule has 1 rings (SSSR count). The molecular formula is C12H22BrN. The summed E-state index contributed by atoms with van der Waals surface area (Å²) in [6.45, 7) is 6.83. The Morgan fingerprint density at radius 3 is 2.93 bits per heavy atom. The first kappa shape index (κ1) is 12.3. The van der Waals surface area contributed by atoms with Crippen LogP contribution in [0.1, 0.15) is 39.5 Å². The number of alkyl halides is 1. The maximum Gasteiger partial charge on any atom is 0.0168 e. The number of likely N-dealkylation sites (tertiary alicyclic amines) is 1. The molecule has 0 aromatic rings. The van der Waals surface area contributed by atoms with Gasteiger partial charge in [0.2, 0.25) is 0 Å². The Balaban J connectivity index is 2.31. The summed E-state index contributed by atoms with van der Waals surface area (Å²) in [5.41, 5.74) is 1.44. The second kappa shape index (κ2) is 6.62. The molecule has 1 aliphatic rings. The summed E-state index contributed by atoms with van der Waals surface area (Å²) >= 11 is 3.51. The van der Waals surface area contributed by atoms with Crippen LogP contribution in [0.3, 0.4) is 0 Å². The van der Waals surface area contributed by atoms with E-state index >= 15 is 0 Å². The van der Waals surface area contributed by atoms with Crippen molar-refractivity contribution in [2.24, 2.45) is 0 Å². The van der Waals surface area contributed by atoms with Gasteiger partial charge in [-0.1, -0.05) is 27.6 Å². The number of nitrogens with zero attached hydrogens (tertiary/aromatic N) is 1. The molecule has 1 saturated heterocycles. The van der Waals surface area contributed by atoms with Crippen LogP contribution in [-0.2, 0) is 0 Å². The van der Waals surface area contributed by atoms with E-state index in [1.54, 1.807) is 0 Å². The summed E-state index contributed by atoms with van der Waals surface area (Å²) in [7, 11) is 0. The average Bonchev–Trinajstić information content (AvgIpc) is 2.58. The summed E-state index contributed by atoms with van der Waals surface area (Å²) in [6.07, 6.45) is 7.83. The lowest BCUT2D eigenvalue weighted by Gasteiger charge is -2.22. The smallest absolute Gasteiger partial charge is 0.0168 e. The van der Waals surface area contributed by atoms with E-state index in [4.69, 9.17) is 0 Å². The SMILES string of the molecule is CC(C)=CCN1CCCC1CCCBr. The fourth-order valence-corrected chi connectivity index (χ4v) is 2.40. The number of allylic oxidation sites excluding steroid dienone is 1. The van der Waals surface area contributed by atoms with Gasteiger partial charge in [0.05, 0.1) is 0 Å². The van der Waals surface area contributed by atoms with Gasteiger partial charge < -0.3 is 0 Å². The number of halogens is 1. The highest BCUT2D eigenvalue weighted by Gasteiger charge is 2.22. The number of hydrogen-bond donors (Lipinski definition) is 0. The van der Waals surface area contributed by atoms with Crippen molar-refractivity contribution in [3.63, 3.8) is 0 Å². The van der Waals surface area contributed by atoms with E-state index in [2.05, 4.69) is 40.8 Å². The molecule has 1 fully saturated rings. The van der Waals surface area contributed by atoms with Crippen molar-refractivity contribution in [1.29, 1.82) is 0 Å². The first-order valence-corrected chi connectivity index (χ1v) is 6.79. The molecule has 0 amide bonds. The van der Waals surface area contributed by atoms with Gasteiger partial charge in [-0.05, 0) is 46.1 Å². The largest absolute Gasteiger partial charge is 0.297 e. The van der Waals surface area contributed by atoms with Gasteiger partial charge in [-0.3, -0.25) is 4.90 Å². The van der Waals surface area contributed by atoms with E-state index in [1.165, 1.54) is 37.8 Å². The fourth-order valence-electron chi connectivity index (χ4n) is 2.08. The van der Waals surface area contributed by atoms with Gasteiger partial charge >= 0.3 is 0 Å². The van der Waals surface area contributed by atoms with Crippen LogP contribution >= 0.6 is 15.9 Å². The highest BCUT2D eigenvalue weighted by molar-refractivity contribution is 9.09. The van der Waals surface area contributed by atoms with Gasteiger partial charge in [0, 0.05) is 17.9 Å². The van der Waals surface area contributed by atoms with Crippen molar-refractivity contribution in [3.05, 3.63) is 11.6 Å². The Morgan fingerprint density at radius 1 is 1.50 bits per heavy atom. The normalized spacial score (nSPS) is 22.6. The lowest BCUT2D eigenvalue weighted by atomic mass is 10.1. The third-order valence-electron chi connectivity index (χ3n) is 2.90. The summed E-state index contributed by atoms with van der Waals surface area (Å²) in [4.78, 5) is 2.63. The average molecular weight is 260 g/mol. The zero-order chi connectivity index (χ0) is 10.4. The van der Waals surface area contributed by atoms with E-state index in [-0.39, 0.29) is 0 Å². The lowest BCUT2D eigenvalue weighted by Crippen LogP contribution is -2.29. The molecule has 0 spiro atoms. The highest BCUT2D eigenvalue weighted by Crippen LogP contribution is 2.21. The third kappa shape index (κ3) is 4.14. The molecule has 0 bridgehead atoms. The maximum absolute atomic E-state index is 3.51. The standard InChI is InChI=1S/C12H22BrN/c1-11(2)7-10-14-9-4-6-12(14)5-3-8-13/h7,12H,3-6,8-10H2,1-2H3. The second-order valence-corrected chi connectivity index (χ2v) is 5.20. The van der Waals surface area contributed by atoms with Gasteiger partial charge in [0.15, 0.2) is 0 Å². The molecule has 0 aromatic heterocycles. The molecule has 1 nitrogen and oxygen atoms in total. The van der Waals surface area contributed by atoms with E-state index < -0.39 is 0 Å². The molecule has 14 heavy (non-hydrogen) atoms. The van der Waals surface area contributed by atoms with Crippen molar-refractivity contribution < 1.29 is 0 Å². The molecular weight excluding hydrogens is 238 g/mol. The molecule has 2 heteroatoms. The molecule has 0 aliphatic carbocycles. The Morgan fingerprint density at radius 2 is 2.29 bits per heavy atom. The van der Waals surface area contributed by atoms with Crippen molar-refractivity contribution in [2.45, 2.75) is 45.6 Å². The van der Waals surface area contributed by atoms with Gasteiger partial charge in [-0.25, -0.2) is 0 Å². The molecule has 82 valence electrons. The zero-order valence-electron chi connectivity index (χ0n) is 9.43. The molecule has 1 aliphatic heterocycles. The van der Waals surface area contributed by atoms with E-state index in [9.17, 15) is 0 Å². The van der Waals surface area contributed by atoms with Crippen LogP contribution in [0.25, 0.3) is 0 Å². The van der Waals surface area contributed by atoms with Crippen LogP contribution in [0, 0.1) is 0 Å². The van der Waals surface area contributed by atoms with E-state index in [1.807, 2.05) is 0 Å². The number of rotatable bonds is 5. The van der Waals surface area contributed by atoms with Gasteiger partial charge in [-0.15, -0.1) is 0 Å². The van der Waals surface area contributed by atoms with Crippen LogP contribution in [0.15, 0.2) is 11.6 Å². The first-order valence-electron chi connectivity index (χ1n) is 5.67. The third-order valence-corrected chi connectivity index (χ3v) is 3.46. The second-order valence-electron chi connectivity index (χ2n) is 4.40.